The molecule has 1 saturated heterocycles. The van der Waals surface area contributed by atoms with Crippen molar-refractivity contribution in [2.24, 2.45) is 0 Å². The number of amides is 2. The van der Waals surface area contributed by atoms with Crippen molar-refractivity contribution >= 4 is 46.1 Å². The maximum absolute atomic E-state index is 15.1. The fourth-order valence-corrected chi connectivity index (χ4v) is 4.84. The highest BCUT2D eigenvalue weighted by atomic mass is 19.1. The van der Waals surface area contributed by atoms with Crippen molar-refractivity contribution in [1.29, 1.82) is 5.41 Å². The van der Waals surface area contributed by atoms with Gasteiger partial charge in [0.1, 0.15) is 29.1 Å². The summed E-state index contributed by atoms with van der Waals surface area (Å²) in [6.45, 7) is 3.96. The third-order valence-corrected chi connectivity index (χ3v) is 7.24. The number of hydrogen-bond acceptors (Lipinski definition) is 8. The molecular formula is C32H30F3N7O3. The smallest absolute Gasteiger partial charge is 0.261 e. The second kappa shape index (κ2) is 14.0. The molecule has 4 N–H and O–H groups in total. The molecule has 2 aromatic carbocycles. The lowest BCUT2D eigenvalue weighted by Crippen LogP contribution is -2.47. The summed E-state index contributed by atoms with van der Waals surface area (Å²) in [5.41, 5.74) is 0.363. The number of anilines is 3. The van der Waals surface area contributed by atoms with E-state index < -0.39 is 35.2 Å². The third-order valence-electron chi connectivity index (χ3n) is 7.24. The number of benzene rings is 2. The molecule has 1 aliphatic rings. The van der Waals surface area contributed by atoms with Crippen molar-refractivity contribution in [1.82, 2.24) is 14.9 Å². The van der Waals surface area contributed by atoms with E-state index in [0.717, 1.165) is 43.6 Å². The number of halogens is 3. The van der Waals surface area contributed by atoms with Gasteiger partial charge in [-0.25, -0.2) is 18.2 Å². The van der Waals surface area contributed by atoms with Crippen molar-refractivity contribution in [3.8, 4) is 11.5 Å². The highest BCUT2D eigenvalue weighted by Gasteiger charge is 2.28. The van der Waals surface area contributed by atoms with E-state index in [1.165, 1.54) is 36.7 Å². The molecule has 0 aliphatic carbocycles. The summed E-state index contributed by atoms with van der Waals surface area (Å²) in [5, 5.41) is 15.9. The summed E-state index contributed by atoms with van der Waals surface area (Å²) in [6.07, 6.45) is 4.37. The lowest BCUT2D eigenvalue weighted by molar-refractivity contribution is -0.118. The Morgan fingerprint density at radius 3 is 2.44 bits per heavy atom. The molecule has 232 valence electrons. The van der Waals surface area contributed by atoms with Crippen LogP contribution >= 0.6 is 0 Å². The Balaban J connectivity index is 1.26. The molecule has 3 heterocycles. The number of likely N-dealkylation sites (tertiary alicyclic amines) is 1. The van der Waals surface area contributed by atoms with Gasteiger partial charge in [-0.3, -0.25) is 14.6 Å². The number of piperidine rings is 1. The molecule has 1 aliphatic heterocycles. The van der Waals surface area contributed by atoms with Crippen LogP contribution in [0.5, 0.6) is 11.5 Å². The van der Waals surface area contributed by atoms with Crippen LogP contribution < -0.4 is 20.7 Å². The lowest BCUT2D eigenvalue weighted by Gasteiger charge is -2.34. The Bertz CT molecular complexity index is 1750. The number of nitrogens with one attached hydrogen (secondary N) is 4. The molecule has 13 heteroatoms. The summed E-state index contributed by atoms with van der Waals surface area (Å²) < 4.78 is 48.8. The van der Waals surface area contributed by atoms with Crippen molar-refractivity contribution in [2.75, 3.05) is 35.6 Å². The molecule has 0 radical (unpaired) electrons. The first kappa shape index (κ1) is 31.1. The number of alkyl halides is 1. The van der Waals surface area contributed by atoms with Gasteiger partial charge in [-0.2, -0.15) is 0 Å². The van der Waals surface area contributed by atoms with Crippen molar-refractivity contribution in [2.45, 2.75) is 25.6 Å². The maximum atomic E-state index is 15.1. The number of allylic oxidation sites excluding steroid dienone is 1. The second-order valence-corrected chi connectivity index (χ2v) is 10.3. The molecule has 1 fully saturated rings. The zero-order chi connectivity index (χ0) is 31.9. The topological polar surface area (TPSA) is 132 Å². The van der Waals surface area contributed by atoms with E-state index in [1.54, 1.807) is 12.1 Å². The summed E-state index contributed by atoms with van der Waals surface area (Å²) in [6, 6.07) is 11.5. The molecule has 2 unspecified atom stereocenters. The Kier molecular flexibility index (Phi) is 9.68. The van der Waals surface area contributed by atoms with Crippen LogP contribution in [0, 0.1) is 17.0 Å². The van der Waals surface area contributed by atoms with Crippen LogP contribution in [0.4, 0.5) is 30.4 Å². The predicted octanol–water partition coefficient (Wildman–Crippen LogP) is 5.70. The van der Waals surface area contributed by atoms with E-state index in [1.807, 2.05) is 6.92 Å². The molecule has 2 atom stereocenters. The van der Waals surface area contributed by atoms with Crippen LogP contribution in [0.15, 0.2) is 78.6 Å². The Morgan fingerprint density at radius 2 is 1.76 bits per heavy atom. The fourth-order valence-electron chi connectivity index (χ4n) is 4.84. The van der Waals surface area contributed by atoms with Gasteiger partial charge < -0.3 is 31.0 Å². The van der Waals surface area contributed by atoms with Gasteiger partial charge in [0.2, 0.25) is 0 Å². The normalized spacial score (nSPS) is 17.0. The average Bonchev–Trinajstić information content (AvgIpc) is 3.03. The summed E-state index contributed by atoms with van der Waals surface area (Å²) in [4.78, 5) is 36.3. The standard InChI is InChI=1S/C32H30F3N7O3/c1-2-42-14-11-26(25(35)18-42)41-30-16-27-23(17-38-30)28(10-13-37-27)45-29-8-7-21(15-24(29)34)40-32(44)22(9-12-36)31(43)39-20-5-3-19(33)4-6-20/h3-10,12-13,15-17,25-26,36H,2,11,14,18H2,1H3,(H,38,41)(H,39,43)(H,40,44)/b22-9+,36-12?. The van der Waals surface area contributed by atoms with E-state index in [-0.39, 0.29) is 28.9 Å². The summed E-state index contributed by atoms with van der Waals surface area (Å²) in [7, 11) is 0. The van der Waals surface area contributed by atoms with E-state index in [4.69, 9.17) is 10.1 Å². The van der Waals surface area contributed by atoms with Gasteiger partial charge >= 0.3 is 0 Å². The average molecular weight is 618 g/mol. The van der Waals surface area contributed by atoms with Crippen LogP contribution in [0.1, 0.15) is 13.3 Å². The highest BCUT2D eigenvalue weighted by Crippen LogP contribution is 2.32. The molecule has 0 saturated carbocycles. The number of fused-ring (bicyclic) bond motifs is 1. The molecule has 45 heavy (non-hydrogen) atoms. The van der Waals surface area contributed by atoms with Crippen LogP contribution in [0.2, 0.25) is 0 Å². The first-order valence-electron chi connectivity index (χ1n) is 14.2. The molecular weight excluding hydrogens is 587 g/mol. The number of nitrogens with zero attached hydrogens (tertiary/aromatic N) is 3. The van der Waals surface area contributed by atoms with E-state index in [0.29, 0.717) is 29.7 Å². The summed E-state index contributed by atoms with van der Waals surface area (Å²) >= 11 is 0. The zero-order valence-corrected chi connectivity index (χ0v) is 24.2. The molecule has 2 aromatic heterocycles. The quantitative estimate of drug-likeness (QED) is 0.0777. The van der Waals surface area contributed by atoms with Crippen LogP contribution in [0.25, 0.3) is 10.9 Å². The van der Waals surface area contributed by atoms with E-state index in [2.05, 4.69) is 30.8 Å². The number of rotatable bonds is 10. The zero-order valence-electron chi connectivity index (χ0n) is 24.2. The second-order valence-electron chi connectivity index (χ2n) is 10.3. The molecule has 5 rings (SSSR count). The highest BCUT2D eigenvalue weighted by molar-refractivity contribution is 6.27. The largest absolute Gasteiger partial charge is 0.453 e. The molecule has 10 nitrogen and oxygen atoms in total. The van der Waals surface area contributed by atoms with Crippen LogP contribution in [-0.2, 0) is 9.59 Å². The van der Waals surface area contributed by atoms with Crippen LogP contribution in [0.3, 0.4) is 0 Å². The van der Waals surface area contributed by atoms with Crippen LogP contribution in [-0.4, -0.2) is 64.7 Å². The third kappa shape index (κ3) is 7.62. The number of carbonyl (C=O) groups excluding carboxylic acids is 2. The van der Waals surface area contributed by atoms with Gasteiger partial charge in [-0.05, 0) is 61.5 Å². The first-order valence-corrected chi connectivity index (χ1v) is 14.2. The Hall–Kier alpha value is -5.30. The minimum atomic E-state index is -1.04. The predicted molar refractivity (Wildman–Crippen MR) is 166 cm³/mol. The summed E-state index contributed by atoms with van der Waals surface area (Å²) in [5.74, 6) is -2.42. The molecule has 2 amide bonds. The first-order chi connectivity index (χ1) is 21.7. The van der Waals surface area contributed by atoms with Crippen molar-refractivity contribution < 1.29 is 27.5 Å². The van der Waals surface area contributed by atoms with Crippen molar-refractivity contribution in [3.63, 3.8) is 0 Å². The minimum Gasteiger partial charge on any atom is -0.453 e. The van der Waals surface area contributed by atoms with Gasteiger partial charge in [0.25, 0.3) is 11.8 Å². The van der Waals surface area contributed by atoms with Gasteiger partial charge in [0.15, 0.2) is 11.6 Å². The fraction of sp³-hybridized carbons (Fsp3) is 0.219. The number of pyridine rings is 2. The molecule has 4 aromatic rings. The maximum Gasteiger partial charge on any atom is 0.261 e. The number of aromatic nitrogens is 2. The van der Waals surface area contributed by atoms with E-state index in [9.17, 15) is 18.4 Å². The van der Waals surface area contributed by atoms with Gasteiger partial charge in [0, 0.05) is 55.2 Å². The Labute approximate surface area is 256 Å². The van der Waals surface area contributed by atoms with Gasteiger partial charge in [-0.15, -0.1) is 0 Å². The Morgan fingerprint density at radius 1 is 1.02 bits per heavy atom. The molecule has 0 bridgehead atoms. The van der Waals surface area contributed by atoms with E-state index >= 15 is 4.39 Å². The number of hydrogen-bond donors (Lipinski definition) is 4. The van der Waals surface area contributed by atoms with Crippen molar-refractivity contribution in [3.05, 3.63) is 90.3 Å². The van der Waals surface area contributed by atoms with Gasteiger partial charge in [-0.1, -0.05) is 6.92 Å². The minimum absolute atomic E-state index is 0.0308. The lowest BCUT2D eigenvalue weighted by atomic mass is 10.0. The number of carbonyl (C=O) groups is 2. The number of ether oxygens (including phenoxy) is 1. The molecule has 0 spiro atoms. The SMILES string of the molecule is CCN1CCC(Nc2cc3nccc(Oc4ccc(NC(=O)/C(=C/C=N)C(=O)Nc5ccc(F)cc5)cc4F)c3cn2)C(F)C1. The van der Waals surface area contributed by atoms with Gasteiger partial charge in [0.05, 0.1) is 16.9 Å². The monoisotopic (exact) mass is 617 g/mol.